The molecular weight excluding hydrogens is 446 g/mol. The predicted octanol–water partition coefficient (Wildman–Crippen LogP) is 4.11. The van der Waals surface area contributed by atoms with E-state index in [0.717, 1.165) is 52.6 Å². The van der Waals surface area contributed by atoms with Crippen LogP contribution in [0.1, 0.15) is 40.7 Å². The van der Waals surface area contributed by atoms with E-state index < -0.39 is 9.84 Å². The maximum atomic E-state index is 12.0. The Hall–Kier alpha value is -2.97. The van der Waals surface area contributed by atoms with Crippen LogP contribution in [0, 0.1) is 20.8 Å². The summed E-state index contributed by atoms with van der Waals surface area (Å²) >= 11 is 0. The average molecular weight is 478 g/mol. The van der Waals surface area contributed by atoms with Gasteiger partial charge in [-0.3, -0.25) is 9.58 Å². The lowest BCUT2D eigenvalue weighted by molar-refractivity contribution is 0.313. The topological polar surface area (TPSA) is 72.5 Å². The Kier molecular flexibility index (Phi) is 5.81. The van der Waals surface area contributed by atoms with Crippen molar-refractivity contribution in [2.45, 2.75) is 46.3 Å². The molecule has 1 aliphatic rings. The van der Waals surface area contributed by atoms with Crippen molar-refractivity contribution >= 4 is 15.5 Å². The van der Waals surface area contributed by atoms with Gasteiger partial charge in [0.15, 0.2) is 9.84 Å². The lowest BCUT2D eigenvalue weighted by atomic mass is 10.1. The van der Waals surface area contributed by atoms with Gasteiger partial charge in [-0.1, -0.05) is 36.4 Å². The van der Waals surface area contributed by atoms with Crippen molar-refractivity contribution in [1.29, 1.82) is 0 Å². The van der Waals surface area contributed by atoms with Crippen LogP contribution in [0.15, 0.2) is 48.7 Å². The Morgan fingerprint density at radius 2 is 1.82 bits per heavy atom. The van der Waals surface area contributed by atoms with E-state index in [1.807, 2.05) is 29.8 Å². The third-order valence-electron chi connectivity index (χ3n) is 6.79. The van der Waals surface area contributed by atoms with Gasteiger partial charge in [0.2, 0.25) is 0 Å². The van der Waals surface area contributed by atoms with Gasteiger partial charge in [-0.05, 0) is 45.9 Å². The number of hydrogen-bond donors (Lipinski definition) is 0. The van der Waals surface area contributed by atoms with Gasteiger partial charge in [0, 0.05) is 36.1 Å². The molecule has 3 aromatic heterocycles. The van der Waals surface area contributed by atoms with Crippen LogP contribution in [0.4, 0.5) is 0 Å². The number of benzene rings is 1. The fourth-order valence-electron chi connectivity index (χ4n) is 5.01. The number of aryl methyl sites for hydroxylation is 2. The summed E-state index contributed by atoms with van der Waals surface area (Å²) in [6, 6.07) is 14.4. The van der Waals surface area contributed by atoms with Crippen LogP contribution in [0.5, 0.6) is 0 Å². The quantitative estimate of drug-likeness (QED) is 0.418. The largest absolute Gasteiger partial charge is 0.302 e. The molecule has 0 radical (unpaired) electrons. The first-order chi connectivity index (χ1) is 16.2. The van der Waals surface area contributed by atoms with Crippen LogP contribution >= 0.6 is 0 Å². The van der Waals surface area contributed by atoms with E-state index in [0.29, 0.717) is 6.42 Å². The first-order valence-corrected chi connectivity index (χ1v) is 13.5. The zero-order valence-electron chi connectivity index (χ0n) is 20.2. The van der Waals surface area contributed by atoms with Gasteiger partial charge in [-0.25, -0.2) is 13.4 Å². The molecule has 0 bridgehead atoms. The van der Waals surface area contributed by atoms with Crippen molar-refractivity contribution in [3.05, 3.63) is 76.9 Å². The molecule has 4 aromatic rings. The Morgan fingerprint density at radius 3 is 2.53 bits per heavy atom. The zero-order chi connectivity index (χ0) is 24.0. The molecule has 8 heteroatoms. The molecule has 1 fully saturated rings. The summed E-state index contributed by atoms with van der Waals surface area (Å²) in [4.78, 5) is 7.23. The van der Waals surface area contributed by atoms with Crippen molar-refractivity contribution in [1.82, 2.24) is 24.1 Å². The second-order valence-electron chi connectivity index (χ2n) is 9.53. The first-order valence-electron chi connectivity index (χ1n) is 11.7. The fraction of sp³-hybridized carbons (Fsp3) is 0.385. The van der Waals surface area contributed by atoms with Crippen molar-refractivity contribution in [2.24, 2.45) is 0 Å². The highest BCUT2D eigenvalue weighted by molar-refractivity contribution is 7.91. The Morgan fingerprint density at radius 1 is 1.06 bits per heavy atom. The summed E-state index contributed by atoms with van der Waals surface area (Å²) in [5.41, 5.74) is 8.57. The number of imidazole rings is 1. The molecule has 0 aliphatic carbocycles. The smallest absolute Gasteiger partial charge is 0.152 e. The molecule has 7 nitrogen and oxygen atoms in total. The molecule has 1 atom stereocenters. The van der Waals surface area contributed by atoms with Crippen molar-refractivity contribution < 1.29 is 8.42 Å². The number of sulfone groups is 1. The summed E-state index contributed by atoms with van der Waals surface area (Å²) in [6.45, 7) is 7.62. The van der Waals surface area contributed by atoms with Gasteiger partial charge in [0.25, 0.3) is 0 Å². The second kappa shape index (κ2) is 8.67. The summed E-state index contributed by atoms with van der Waals surface area (Å²) in [6.07, 6.45) is 2.79. The summed E-state index contributed by atoms with van der Waals surface area (Å²) in [5.74, 6) is 0.438. The van der Waals surface area contributed by atoms with E-state index in [2.05, 4.69) is 60.7 Å². The highest BCUT2D eigenvalue weighted by Crippen LogP contribution is 2.29. The molecule has 178 valence electrons. The van der Waals surface area contributed by atoms with E-state index in [-0.39, 0.29) is 17.5 Å². The normalized spacial score (nSPS) is 17.7. The molecule has 0 amide bonds. The molecule has 0 saturated carbocycles. The van der Waals surface area contributed by atoms with Crippen LogP contribution in [-0.2, 0) is 22.9 Å². The number of pyridine rings is 1. The van der Waals surface area contributed by atoms with E-state index >= 15 is 0 Å². The highest BCUT2D eigenvalue weighted by atomic mass is 32.2. The van der Waals surface area contributed by atoms with Crippen molar-refractivity contribution in [3.63, 3.8) is 0 Å². The summed E-state index contributed by atoms with van der Waals surface area (Å²) in [5, 5.41) is 4.74. The number of hydrogen-bond acceptors (Lipinski definition) is 5. The minimum absolute atomic E-state index is 0.0609. The molecule has 4 heterocycles. The molecule has 5 rings (SSSR count). The van der Waals surface area contributed by atoms with Gasteiger partial charge in [0.05, 0.1) is 34.6 Å². The number of fused-ring (bicyclic) bond motifs is 1. The third kappa shape index (κ3) is 4.28. The lowest BCUT2D eigenvalue weighted by Crippen LogP contribution is -2.20. The third-order valence-corrected chi connectivity index (χ3v) is 8.54. The molecule has 34 heavy (non-hydrogen) atoms. The standard InChI is InChI=1S/C26H31N5O2S/c1-18-10-11-25-27-26(21-8-6-5-7-9-21)24(30(25)14-18)16-29(4)15-23-19(2)28-31(20(23)3)22-12-13-34(32,33)17-22/h5-11,14,22H,12-13,15-17H2,1-4H3/t22-/m1/s1. The molecule has 0 unspecified atom stereocenters. The molecule has 0 N–H and O–H groups in total. The van der Waals surface area contributed by atoms with Gasteiger partial charge >= 0.3 is 0 Å². The zero-order valence-corrected chi connectivity index (χ0v) is 21.0. The van der Waals surface area contributed by atoms with E-state index in [1.165, 1.54) is 5.56 Å². The number of aromatic nitrogens is 4. The Balaban J connectivity index is 1.45. The molecule has 1 aliphatic heterocycles. The molecule has 1 saturated heterocycles. The van der Waals surface area contributed by atoms with Crippen LogP contribution in [0.2, 0.25) is 0 Å². The van der Waals surface area contributed by atoms with Crippen LogP contribution < -0.4 is 0 Å². The second-order valence-corrected chi connectivity index (χ2v) is 11.8. The van der Waals surface area contributed by atoms with E-state index in [1.54, 1.807) is 0 Å². The van der Waals surface area contributed by atoms with Gasteiger partial charge in [-0.2, -0.15) is 5.10 Å². The number of nitrogens with zero attached hydrogens (tertiary/aromatic N) is 5. The molecule has 0 spiro atoms. The Bertz CT molecular complexity index is 1450. The fourth-order valence-corrected chi connectivity index (χ4v) is 6.70. The van der Waals surface area contributed by atoms with Crippen molar-refractivity contribution in [3.8, 4) is 11.3 Å². The Labute approximate surface area is 201 Å². The predicted molar refractivity (Wildman–Crippen MR) is 135 cm³/mol. The van der Waals surface area contributed by atoms with Crippen LogP contribution in [-0.4, -0.2) is 51.0 Å². The van der Waals surface area contributed by atoms with Gasteiger partial charge in [0.1, 0.15) is 5.65 Å². The van der Waals surface area contributed by atoms with Crippen LogP contribution in [0.3, 0.4) is 0 Å². The average Bonchev–Trinajstić information content (AvgIpc) is 3.43. The minimum Gasteiger partial charge on any atom is -0.302 e. The van der Waals surface area contributed by atoms with Crippen molar-refractivity contribution in [2.75, 3.05) is 18.6 Å². The monoisotopic (exact) mass is 477 g/mol. The summed E-state index contributed by atoms with van der Waals surface area (Å²) < 4.78 is 28.1. The van der Waals surface area contributed by atoms with E-state index in [4.69, 9.17) is 10.1 Å². The number of rotatable bonds is 6. The lowest BCUT2D eigenvalue weighted by Gasteiger charge is -2.18. The SMILES string of the molecule is Cc1ccc2nc(-c3ccccc3)c(CN(C)Cc3c(C)nn([C@@H]4CCS(=O)(=O)C4)c3C)n2c1. The maximum Gasteiger partial charge on any atom is 0.152 e. The minimum atomic E-state index is -2.96. The van der Waals surface area contributed by atoms with Gasteiger partial charge < -0.3 is 4.40 Å². The summed E-state index contributed by atoms with van der Waals surface area (Å²) in [7, 11) is -0.846. The molecular formula is C26H31N5O2S. The first kappa shape index (κ1) is 22.8. The van der Waals surface area contributed by atoms with Crippen LogP contribution in [0.25, 0.3) is 16.9 Å². The van der Waals surface area contributed by atoms with Gasteiger partial charge in [-0.15, -0.1) is 0 Å². The maximum absolute atomic E-state index is 12.0. The molecule has 1 aromatic carbocycles. The van der Waals surface area contributed by atoms with E-state index in [9.17, 15) is 8.42 Å². The highest BCUT2D eigenvalue weighted by Gasteiger charge is 2.31.